The molecule has 29 heavy (non-hydrogen) atoms. The molecule has 4 rings (SSSR count). The van der Waals surface area contributed by atoms with Crippen LogP contribution in [0.3, 0.4) is 0 Å². The minimum Gasteiger partial charge on any atom is -0.368 e. The molecule has 0 unspecified atom stereocenters. The SMILES string of the molecule is O=C(c1cc(S(=O)(=O)N2CCCCC2)c[nH]1)N1CCN(c2ccc(Cl)cc2)CC1. The van der Waals surface area contributed by atoms with Gasteiger partial charge >= 0.3 is 0 Å². The van der Waals surface area contributed by atoms with Gasteiger partial charge in [0.25, 0.3) is 5.91 Å². The minimum atomic E-state index is -3.54. The summed E-state index contributed by atoms with van der Waals surface area (Å²) in [5.41, 5.74) is 1.40. The van der Waals surface area contributed by atoms with Crippen LogP contribution in [-0.4, -0.2) is 67.8 Å². The predicted molar refractivity (Wildman–Crippen MR) is 113 cm³/mol. The zero-order valence-corrected chi connectivity index (χ0v) is 17.8. The number of carbonyl (C=O) groups excluding carboxylic acids is 1. The van der Waals surface area contributed by atoms with Gasteiger partial charge in [-0.05, 0) is 43.2 Å². The molecule has 1 aromatic heterocycles. The Morgan fingerprint density at radius 2 is 1.59 bits per heavy atom. The minimum absolute atomic E-state index is 0.166. The fourth-order valence-corrected chi connectivity index (χ4v) is 5.53. The van der Waals surface area contributed by atoms with E-state index < -0.39 is 10.0 Å². The fraction of sp³-hybridized carbons (Fsp3) is 0.450. The Labute approximate surface area is 176 Å². The summed E-state index contributed by atoms with van der Waals surface area (Å²) < 4.78 is 27.1. The van der Waals surface area contributed by atoms with Gasteiger partial charge in [-0.3, -0.25) is 4.79 Å². The topological polar surface area (TPSA) is 76.7 Å². The van der Waals surface area contributed by atoms with E-state index in [-0.39, 0.29) is 10.8 Å². The molecule has 0 saturated carbocycles. The Hall–Kier alpha value is -2.03. The summed E-state index contributed by atoms with van der Waals surface area (Å²) in [5, 5.41) is 0.699. The van der Waals surface area contributed by atoms with Crippen LogP contribution in [-0.2, 0) is 10.0 Å². The van der Waals surface area contributed by atoms with Crippen molar-refractivity contribution in [2.45, 2.75) is 24.2 Å². The summed E-state index contributed by atoms with van der Waals surface area (Å²) in [6, 6.07) is 9.14. The van der Waals surface area contributed by atoms with E-state index in [9.17, 15) is 13.2 Å². The molecule has 2 aliphatic rings. The lowest BCUT2D eigenvalue weighted by atomic mass is 10.2. The molecule has 9 heteroatoms. The van der Waals surface area contributed by atoms with Gasteiger partial charge in [-0.25, -0.2) is 8.42 Å². The van der Waals surface area contributed by atoms with Crippen molar-refractivity contribution in [3.05, 3.63) is 47.2 Å². The lowest BCUT2D eigenvalue weighted by Crippen LogP contribution is -2.48. The molecular weight excluding hydrogens is 412 g/mol. The van der Waals surface area contributed by atoms with Crippen LogP contribution in [0.15, 0.2) is 41.4 Å². The van der Waals surface area contributed by atoms with Gasteiger partial charge in [0, 0.05) is 56.2 Å². The Morgan fingerprint density at radius 1 is 0.931 bits per heavy atom. The molecule has 7 nitrogen and oxygen atoms in total. The zero-order valence-electron chi connectivity index (χ0n) is 16.2. The van der Waals surface area contributed by atoms with Gasteiger partial charge in [-0.15, -0.1) is 0 Å². The number of aromatic nitrogens is 1. The number of nitrogens with one attached hydrogen (secondary N) is 1. The molecule has 1 N–H and O–H groups in total. The fourth-order valence-electron chi connectivity index (χ4n) is 3.89. The average molecular weight is 437 g/mol. The lowest BCUT2D eigenvalue weighted by molar-refractivity contribution is 0.0741. The number of aromatic amines is 1. The molecule has 2 fully saturated rings. The number of halogens is 1. The first-order valence-corrected chi connectivity index (χ1v) is 11.8. The molecule has 3 heterocycles. The van der Waals surface area contributed by atoms with Gasteiger partial charge in [0.2, 0.25) is 10.0 Å². The Balaban J connectivity index is 1.40. The summed E-state index contributed by atoms with van der Waals surface area (Å²) in [6.07, 6.45) is 4.26. The number of hydrogen-bond acceptors (Lipinski definition) is 4. The normalized spacial score (nSPS) is 18.8. The average Bonchev–Trinajstić information content (AvgIpc) is 3.26. The summed E-state index contributed by atoms with van der Waals surface area (Å²) in [7, 11) is -3.54. The molecule has 1 aromatic carbocycles. The van der Waals surface area contributed by atoms with Gasteiger partial charge < -0.3 is 14.8 Å². The van der Waals surface area contributed by atoms with Gasteiger partial charge in [-0.1, -0.05) is 18.0 Å². The monoisotopic (exact) mass is 436 g/mol. The summed E-state index contributed by atoms with van der Waals surface area (Å²) >= 11 is 5.95. The van der Waals surface area contributed by atoms with E-state index in [1.54, 1.807) is 4.90 Å². The van der Waals surface area contributed by atoms with E-state index in [4.69, 9.17) is 11.6 Å². The predicted octanol–water partition coefficient (Wildman–Crippen LogP) is 2.81. The van der Waals surface area contributed by atoms with Crippen molar-refractivity contribution in [2.75, 3.05) is 44.2 Å². The number of nitrogens with zero attached hydrogens (tertiary/aromatic N) is 3. The van der Waals surface area contributed by atoms with E-state index >= 15 is 0 Å². The summed E-state index contributed by atoms with van der Waals surface area (Å²) in [6.45, 7) is 3.68. The summed E-state index contributed by atoms with van der Waals surface area (Å²) in [4.78, 5) is 19.9. The highest BCUT2D eigenvalue weighted by Gasteiger charge is 2.29. The zero-order chi connectivity index (χ0) is 20.4. The first-order valence-electron chi connectivity index (χ1n) is 9.93. The second-order valence-corrected chi connectivity index (χ2v) is 9.84. The maximum atomic E-state index is 12.9. The maximum absolute atomic E-state index is 12.9. The van der Waals surface area contributed by atoms with Gasteiger partial charge in [0.15, 0.2) is 0 Å². The largest absolute Gasteiger partial charge is 0.368 e. The molecule has 156 valence electrons. The maximum Gasteiger partial charge on any atom is 0.270 e. The van der Waals surface area contributed by atoms with Crippen LogP contribution in [0.1, 0.15) is 29.8 Å². The molecular formula is C20H25ClN4O3S. The number of piperidine rings is 1. The Kier molecular flexibility index (Phi) is 5.85. The number of hydrogen-bond donors (Lipinski definition) is 1. The molecule has 0 spiro atoms. The van der Waals surface area contributed by atoms with Crippen LogP contribution in [0, 0.1) is 0 Å². The van der Waals surface area contributed by atoms with E-state index in [1.807, 2.05) is 24.3 Å². The van der Waals surface area contributed by atoms with Crippen molar-refractivity contribution < 1.29 is 13.2 Å². The van der Waals surface area contributed by atoms with Crippen LogP contribution >= 0.6 is 11.6 Å². The molecule has 0 radical (unpaired) electrons. The first kappa shape index (κ1) is 20.3. The third-order valence-electron chi connectivity index (χ3n) is 5.60. The van der Waals surface area contributed by atoms with Crippen molar-refractivity contribution in [1.82, 2.24) is 14.2 Å². The molecule has 0 atom stereocenters. The second-order valence-electron chi connectivity index (χ2n) is 7.47. The Morgan fingerprint density at radius 3 is 2.24 bits per heavy atom. The standard InChI is InChI=1S/C20H25ClN4O3S/c21-16-4-6-17(7-5-16)23-10-12-24(13-11-23)20(26)19-14-18(15-22-19)29(27,28)25-8-2-1-3-9-25/h4-7,14-15,22H,1-3,8-13H2. The lowest BCUT2D eigenvalue weighted by Gasteiger charge is -2.36. The van der Waals surface area contributed by atoms with Gasteiger partial charge in [0.05, 0.1) is 0 Å². The smallest absolute Gasteiger partial charge is 0.270 e. The van der Waals surface area contributed by atoms with Crippen LogP contribution in [0.4, 0.5) is 5.69 Å². The molecule has 2 aromatic rings. The molecule has 2 aliphatic heterocycles. The van der Waals surface area contributed by atoms with E-state index in [2.05, 4.69) is 9.88 Å². The number of benzene rings is 1. The first-order chi connectivity index (χ1) is 13.9. The number of piperazine rings is 1. The van der Waals surface area contributed by atoms with Crippen molar-refractivity contribution in [3.63, 3.8) is 0 Å². The number of amides is 1. The molecule has 0 bridgehead atoms. The number of rotatable bonds is 4. The van der Waals surface area contributed by atoms with Crippen molar-refractivity contribution in [3.8, 4) is 0 Å². The van der Waals surface area contributed by atoms with Crippen LogP contribution in [0.5, 0.6) is 0 Å². The van der Waals surface area contributed by atoms with Gasteiger partial charge in [-0.2, -0.15) is 4.31 Å². The van der Waals surface area contributed by atoms with Crippen LogP contribution in [0.2, 0.25) is 5.02 Å². The third kappa shape index (κ3) is 4.29. The van der Waals surface area contributed by atoms with E-state index in [0.29, 0.717) is 50.0 Å². The second kappa shape index (κ2) is 8.38. The summed E-state index contributed by atoms with van der Waals surface area (Å²) in [5.74, 6) is -0.166. The number of carbonyl (C=O) groups is 1. The Bertz CT molecular complexity index is 960. The van der Waals surface area contributed by atoms with Crippen molar-refractivity contribution in [2.24, 2.45) is 0 Å². The quantitative estimate of drug-likeness (QED) is 0.799. The van der Waals surface area contributed by atoms with E-state index in [1.165, 1.54) is 16.6 Å². The number of sulfonamides is 1. The van der Waals surface area contributed by atoms with Crippen LogP contribution < -0.4 is 4.90 Å². The number of H-pyrrole nitrogens is 1. The molecule has 2 saturated heterocycles. The van der Waals surface area contributed by atoms with Crippen molar-refractivity contribution in [1.29, 1.82) is 0 Å². The molecule has 1 amide bonds. The van der Waals surface area contributed by atoms with Gasteiger partial charge in [0.1, 0.15) is 10.6 Å². The van der Waals surface area contributed by atoms with Crippen molar-refractivity contribution >= 4 is 33.2 Å². The highest BCUT2D eigenvalue weighted by atomic mass is 35.5. The number of anilines is 1. The van der Waals surface area contributed by atoms with Crippen LogP contribution in [0.25, 0.3) is 0 Å². The highest BCUT2D eigenvalue weighted by molar-refractivity contribution is 7.89. The highest BCUT2D eigenvalue weighted by Crippen LogP contribution is 2.23. The molecule has 0 aliphatic carbocycles. The third-order valence-corrected chi connectivity index (χ3v) is 7.73. The van der Waals surface area contributed by atoms with E-state index in [0.717, 1.165) is 24.9 Å².